The normalized spacial score (nSPS) is 27.9. The zero-order valence-electron chi connectivity index (χ0n) is 17.5. The second-order valence-electron chi connectivity index (χ2n) is 9.66. The van der Waals surface area contributed by atoms with E-state index in [9.17, 15) is 0 Å². The molecule has 1 saturated carbocycles. The van der Waals surface area contributed by atoms with Crippen molar-refractivity contribution in [3.8, 4) is 0 Å². The summed E-state index contributed by atoms with van der Waals surface area (Å²) >= 11 is 0. The topological polar surface area (TPSA) is 18.5 Å². The van der Waals surface area contributed by atoms with E-state index in [1.807, 2.05) is 0 Å². The van der Waals surface area contributed by atoms with Crippen molar-refractivity contribution in [2.45, 2.75) is 64.0 Å². The van der Waals surface area contributed by atoms with Crippen molar-refractivity contribution in [1.82, 2.24) is 0 Å². The fraction of sp³-hybridized carbons (Fsp3) is 0.455. The average Bonchev–Trinajstić information content (AvgIpc) is 2.52. The summed E-state index contributed by atoms with van der Waals surface area (Å²) in [6.45, 7) is 13.7. The van der Waals surface area contributed by atoms with Gasteiger partial charge in [0, 0.05) is 0 Å². The molecule has 2 nitrogen and oxygen atoms in total. The highest BCUT2D eigenvalue weighted by atomic mass is 28.5. The molecule has 144 valence electrons. The lowest BCUT2D eigenvalue weighted by atomic mass is 9.67. The molecule has 0 saturated heterocycles. The lowest BCUT2D eigenvalue weighted by Gasteiger charge is -2.39. The van der Waals surface area contributed by atoms with E-state index < -0.39 is 25.2 Å². The molecule has 5 heteroatoms. The van der Waals surface area contributed by atoms with E-state index in [-0.39, 0.29) is 0 Å². The molecule has 0 unspecified atom stereocenters. The van der Waals surface area contributed by atoms with Crippen LogP contribution in [0.3, 0.4) is 0 Å². The Morgan fingerprint density at radius 2 is 0.926 bits per heavy atom. The lowest BCUT2D eigenvalue weighted by molar-refractivity contribution is 0.346. The van der Waals surface area contributed by atoms with Gasteiger partial charge in [-0.05, 0) is 85.5 Å². The van der Waals surface area contributed by atoms with Crippen LogP contribution in [0.1, 0.15) is 35.8 Å². The van der Waals surface area contributed by atoms with Crippen LogP contribution in [0.15, 0.2) is 48.5 Å². The van der Waals surface area contributed by atoms with Gasteiger partial charge >= 0.3 is 8.56 Å². The summed E-state index contributed by atoms with van der Waals surface area (Å²) in [7, 11) is -6.25. The van der Waals surface area contributed by atoms with Crippen LogP contribution in [0, 0.1) is 0 Å². The molecule has 4 heterocycles. The smallest absolute Gasteiger partial charge is 0.311 e. The molecule has 2 atom stereocenters. The van der Waals surface area contributed by atoms with Gasteiger partial charge in [0.25, 0.3) is 0 Å². The molecule has 0 radical (unpaired) electrons. The molecule has 0 spiro atoms. The zero-order valence-corrected chi connectivity index (χ0v) is 20.5. The van der Waals surface area contributed by atoms with Crippen molar-refractivity contribution in [2.24, 2.45) is 0 Å². The molecule has 2 aromatic carbocycles. The van der Waals surface area contributed by atoms with Crippen LogP contribution in [0.5, 0.6) is 0 Å². The number of hydrogen-bond acceptors (Lipinski definition) is 2. The predicted molar refractivity (Wildman–Crippen MR) is 121 cm³/mol. The maximum absolute atomic E-state index is 6.81. The maximum atomic E-state index is 6.81. The van der Waals surface area contributed by atoms with Crippen LogP contribution in [-0.4, -0.2) is 25.2 Å². The Labute approximate surface area is 167 Å². The molecule has 0 aromatic heterocycles. The summed E-state index contributed by atoms with van der Waals surface area (Å²) in [4.78, 5) is 0. The number of hydrogen-bond donors (Lipinski definition) is 0. The van der Waals surface area contributed by atoms with Gasteiger partial charge in [0.05, 0.1) is 0 Å². The fourth-order valence-electron chi connectivity index (χ4n) is 4.93. The van der Waals surface area contributed by atoms with Crippen LogP contribution >= 0.6 is 0 Å². The van der Waals surface area contributed by atoms with Gasteiger partial charge in [-0.15, -0.1) is 0 Å². The largest absolute Gasteiger partial charge is 0.433 e. The van der Waals surface area contributed by atoms with Gasteiger partial charge in [0.15, 0.2) is 0 Å². The molecule has 1 aliphatic carbocycles. The third kappa shape index (κ3) is 3.68. The molecule has 1 fully saturated rings. The van der Waals surface area contributed by atoms with Crippen LogP contribution < -0.4 is 10.4 Å². The molecule has 27 heavy (non-hydrogen) atoms. The highest BCUT2D eigenvalue weighted by Gasteiger charge is 2.42. The lowest BCUT2D eigenvalue weighted by Crippen LogP contribution is -2.59. The van der Waals surface area contributed by atoms with Crippen LogP contribution in [-0.2, 0) is 8.23 Å². The van der Waals surface area contributed by atoms with Crippen LogP contribution in [0.25, 0.3) is 0 Å². The molecule has 5 aliphatic rings. The third-order valence-electron chi connectivity index (χ3n) is 6.34. The van der Waals surface area contributed by atoms with Gasteiger partial charge in [-0.3, -0.25) is 0 Å². The number of rotatable bonds is 0. The molecular formula is C22H32O2Si3. The Morgan fingerprint density at radius 1 is 0.593 bits per heavy atom. The first-order chi connectivity index (χ1) is 12.6. The van der Waals surface area contributed by atoms with Crippen molar-refractivity contribution in [2.75, 3.05) is 0 Å². The highest BCUT2D eigenvalue weighted by molar-refractivity contribution is 6.95. The Kier molecular flexibility index (Phi) is 4.67. The summed E-state index contributed by atoms with van der Waals surface area (Å²) < 4.78 is 13.6. The fourth-order valence-corrected chi connectivity index (χ4v) is 18.2. The van der Waals surface area contributed by atoms with Gasteiger partial charge in [-0.2, -0.15) is 0 Å². The van der Waals surface area contributed by atoms with Gasteiger partial charge in [0.1, 0.15) is 0 Å². The molecule has 0 N–H and O–H groups in total. The van der Waals surface area contributed by atoms with Crippen molar-refractivity contribution in [3.63, 3.8) is 0 Å². The third-order valence-corrected chi connectivity index (χ3v) is 17.8. The van der Waals surface area contributed by atoms with Gasteiger partial charge in [-0.1, -0.05) is 48.5 Å². The summed E-state index contributed by atoms with van der Waals surface area (Å²) in [6.07, 6.45) is 2.60. The Morgan fingerprint density at radius 3 is 1.22 bits per heavy atom. The minimum atomic E-state index is -2.24. The van der Waals surface area contributed by atoms with E-state index in [0.29, 0.717) is 11.8 Å². The quantitative estimate of drug-likeness (QED) is 0.572. The van der Waals surface area contributed by atoms with Crippen molar-refractivity contribution in [1.29, 1.82) is 0 Å². The van der Waals surface area contributed by atoms with Gasteiger partial charge in [0.2, 0.25) is 16.6 Å². The summed E-state index contributed by atoms with van der Waals surface area (Å²) in [5.74, 6) is 1.32. The van der Waals surface area contributed by atoms with E-state index in [1.165, 1.54) is 34.3 Å². The van der Waals surface area contributed by atoms with E-state index in [1.54, 1.807) is 0 Å². The molecule has 4 bridgehead atoms. The van der Waals surface area contributed by atoms with Gasteiger partial charge < -0.3 is 8.23 Å². The maximum Gasteiger partial charge on any atom is 0.311 e. The van der Waals surface area contributed by atoms with E-state index in [4.69, 9.17) is 8.23 Å². The van der Waals surface area contributed by atoms with Crippen molar-refractivity contribution >= 4 is 35.6 Å². The standard InChI is InChI=1S/C22H32O2Si3/c1-25(2)19-11-7-17(8-12-19)21-15-16-22(21)18-9-13-20(14-10-18)26(3,4)24-27(5,6)23-25/h7-14,21-22H,15-16H2,1-6H3/t21-,22+. The van der Waals surface area contributed by atoms with Crippen molar-refractivity contribution < 1.29 is 8.23 Å². The van der Waals surface area contributed by atoms with E-state index in [2.05, 4.69) is 87.8 Å². The first-order valence-corrected chi connectivity index (χ1v) is 18.8. The summed E-state index contributed by atoms with van der Waals surface area (Å²) in [6, 6.07) is 18.7. The first kappa shape index (κ1) is 19.3. The summed E-state index contributed by atoms with van der Waals surface area (Å²) in [5, 5.41) is 2.75. The molecular weight excluding hydrogens is 380 g/mol. The Balaban J connectivity index is 1.81. The Hall–Kier alpha value is -0.989. The number of benzene rings is 2. The van der Waals surface area contributed by atoms with Crippen LogP contribution in [0.2, 0.25) is 39.3 Å². The minimum absolute atomic E-state index is 0.660. The molecule has 2 aromatic rings. The second-order valence-corrected chi connectivity index (χ2v) is 21.3. The Bertz CT molecular complexity index is 756. The highest BCUT2D eigenvalue weighted by Crippen LogP contribution is 2.48. The second kappa shape index (κ2) is 6.52. The summed E-state index contributed by atoms with van der Waals surface area (Å²) in [5.41, 5.74) is 2.97. The molecule has 7 rings (SSSR count). The SMILES string of the molecule is C[Si]1(C)O[Si](C)(C)c2ccc(cc2)[C@H]2CC[C@H]2c2ccc(cc2)[Si](C)(C)O1. The zero-order chi connectivity index (χ0) is 19.4. The molecule has 4 aliphatic heterocycles. The first-order valence-electron chi connectivity index (χ1n) is 10.2. The van der Waals surface area contributed by atoms with E-state index in [0.717, 1.165) is 0 Å². The van der Waals surface area contributed by atoms with Crippen LogP contribution in [0.4, 0.5) is 0 Å². The van der Waals surface area contributed by atoms with Gasteiger partial charge in [-0.25, -0.2) is 0 Å². The van der Waals surface area contributed by atoms with Crippen molar-refractivity contribution in [3.05, 3.63) is 59.7 Å². The monoisotopic (exact) mass is 412 g/mol. The average molecular weight is 413 g/mol. The predicted octanol–water partition coefficient (Wildman–Crippen LogP) is 4.92. The molecule has 0 amide bonds. The van der Waals surface area contributed by atoms with E-state index >= 15 is 0 Å². The minimum Gasteiger partial charge on any atom is -0.433 e.